The van der Waals surface area contributed by atoms with Crippen molar-refractivity contribution in [3.63, 3.8) is 0 Å². The van der Waals surface area contributed by atoms with Crippen LogP contribution >= 0.6 is 0 Å². The van der Waals surface area contributed by atoms with Gasteiger partial charge in [0, 0.05) is 38.3 Å². The number of hydrogen-bond acceptors (Lipinski definition) is 4. The molecule has 1 N–H and O–H groups in total. The van der Waals surface area contributed by atoms with Crippen molar-refractivity contribution in [2.45, 2.75) is 12.8 Å². The molecule has 19 heavy (non-hydrogen) atoms. The highest BCUT2D eigenvalue weighted by Crippen LogP contribution is 2.32. The van der Waals surface area contributed by atoms with Gasteiger partial charge in [-0.1, -0.05) is 0 Å². The van der Waals surface area contributed by atoms with Crippen LogP contribution in [0.3, 0.4) is 0 Å². The smallest absolute Gasteiger partial charge is 0.227 e. The maximum absolute atomic E-state index is 11.9. The molecule has 2 heterocycles. The number of rotatable bonds is 3. The summed E-state index contributed by atoms with van der Waals surface area (Å²) in [5.74, 6) is 1.27. The molecule has 0 bridgehead atoms. The zero-order valence-corrected chi connectivity index (χ0v) is 11.3. The number of hydrogen-bond donors (Lipinski definition) is 1. The van der Waals surface area contributed by atoms with Crippen molar-refractivity contribution in [2.24, 2.45) is 5.92 Å². The topological polar surface area (TPSA) is 48.5 Å². The molecule has 5 heteroatoms. The second-order valence-corrected chi connectivity index (χ2v) is 5.43. The molecule has 0 spiro atoms. The number of carbonyl (C=O) groups excluding carboxylic acids is 1. The minimum atomic E-state index is 0.142. The van der Waals surface area contributed by atoms with Gasteiger partial charge in [-0.15, -0.1) is 0 Å². The van der Waals surface area contributed by atoms with Crippen molar-refractivity contribution in [1.82, 2.24) is 9.88 Å². The van der Waals surface area contributed by atoms with Crippen LogP contribution < -0.4 is 10.2 Å². The Balaban J connectivity index is 1.74. The second-order valence-electron chi connectivity index (χ2n) is 5.43. The fourth-order valence-corrected chi connectivity index (χ4v) is 2.35. The third-order valence-corrected chi connectivity index (χ3v) is 3.80. The minimum absolute atomic E-state index is 0.142. The number of likely N-dealkylation sites (N-methyl/N-ethyl adjacent to an activating group) is 1. The number of carbonyl (C=O) groups is 1. The van der Waals surface area contributed by atoms with Crippen LogP contribution in [-0.2, 0) is 4.79 Å². The highest BCUT2D eigenvalue weighted by Gasteiger charge is 2.30. The van der Waals surface area contributed by atoms with Crippen molar-refractivity contribution in [1.29, 1.82) is 0 Å². The summed E-state index contributed by atoms with van der Waals surface area (Å²) in [6.07, 6.45) is 3.84. The maximum atomic E-state index is 11.9. The first-order valence-electron chi connectivity index (χ1n) is 6.93. The van der Waals surface area contributed by atoms with Crippen LogP contribution in [0.4, 0.5) is 11.5 Å². The standard InChI is InChI=1S/C14H20N4O/c1-17-7-9-18(10-8-17)13-12(3-2-6-15-13)16-14(19)11-4-5-11/h2-3,6,11H,4-5,7-10H2,1H3,(H,16,19). The molecule has 1 amide bonds. The predicted molar refractivity (Wildman–Crippen MR) is 75.3 cm³/mol. The molecule has 1 aliphatic carbocycles. The van der Waals surface area contributed by atoms with E-state index < -0.39 is 0 Å². The molecule has 3 rings (SSSR count). The Labute approximate surface area is 113 Å². The average molecular weight is 260 g/mol. The van der Waals surface area contributed by atoms with Gasteiger partial charge in [0.25, 0.3) is 0 Å². The molecule has 1 aromatic heterocycles. The van der Waals surface area contributed by atoms with Crippen LogP contribution in [0.2, 0.25) is 0 Å². The Hall–Kier alpha value is -1.62. The quantitative estimate of drug-likeness (QED) is 0.886. The molecule has 1 saturated carbocycles. The fraction of sp³-hybridized carbons (Fsp3) is 0.571. The summed E-state index contributed by atoms with van der Waals surface area (Å²) in [5, 5.41) is 3.02. The van der Waals surface area contributed by atoms with Crippen molar-refractivity contribution in [3.05, 3.63) is 18.3 Å². The average Bonchev–Trinajstić information content (AvgIpc) is 3.25. The zero-order valence-electron chi connectivity index (χ0n) is 11.3. The largest absolute Gasteiger partial charge is 0.352 e. The molecule has 0 radical (unpaired) electrons. The molecular weight excluding hydrogens is 240 g/mol. The monoisotopic (exact) mass is 260 g/mol. The van der Waals surface area contributed by atoms with Gasteiger partial charge < -0.3 is 15.1 Å². The summed E-state index contributed by atoms with van der Waals surface area (Å²) >= 11 is 0. The lowest BCUT2D eigenvalue weighted by molar-refractivity contribution is -0.117. The van der Waals surface area contributed by atoms with Crippen molar-refractivity contribution in [2.75, 3.05) is 43.4 Å². The number of anilines is 2. The van der Waals surface area contributed by atoms with Gasteiger partial charge in [-0.3, -0.25) is 4.79 Å². The normalized spacial score (nSPS) is 20.4. The van der Waals surface area contributed by atoms with Gasteiger partial charge in [-0.25, -0.2) is 4.98 Å². The molecular formula is C14H20N4O. The Morgan fingerprint density at radius 3 is 2.74 bits per heavy atom. The fourth-order valence-electron chi connectivity index (χ4n) is 2.35. The number of pyridine rings is 1. The van der Waals surface area contributed by atoms with E-state index in [-0.39, 0.29) is 11.8 Å². The third-order valence-electron chi connectivity index (χ3n) is 3.80. The molecule has 0 atom stereocenters. The van der Waals surface area contributed by atoms with Crippen LogP contribution in [0.15, 0.2) is 18.3 Å². The van der Waals surface area contributed by atoms with Crippen molar-refractivity contribution in [3.8, 4) is 0 Å². The van der Waals surface area contributed by atoms with Gasteiger partial charge in [0.2, 0.25) is 5.91 Å². The summed E-state index contributed by atoms with van der Waals surface area (Å²) in [5.41, 5.74) is 0.851. The van der Waals surface area contributed by atoms with E-state index >= 15 is 0 Å². The van der Waals surface area contributed by atoms with Crippen molar-refractivity contribution < 1.29 is 4.79 Å². The summed E-state index contributed by atoms with van der Waals surface area (Å²) in [4.78, 5) is 20.9. The first-order valence-corrected chi connectivity index (χ1v) is 6.93. The van der Waals surface area contributed by atoms with Gasteiger partial charge >= 0.3 is 0 Å². The van der Waals surface area contributed by atoms with Gasteiger partial charge in [0.05, 0.1) is 5.69 Å². The molecule has 1 saturated heterocycles. The van der Waals surface area contributed by atoms with Gasteiger partial charge in [0.15, 0.2) is 5.82 Å². The molecule has 1 aliphatic heterocycles. The number of nitrogens with one attached hydrogen (secondary N) is 1. The van der Waals surface area contributed by atoms with Crippen LogP contribution in [0.5, 0.6) is 0 Å². The second kappa shape index (κ2) is 5.17. The number of amides is 1. The van der Waals surface area contributed by atoms with Crippen LogP contribution in [0.25, 0.3) is 0 Å². The highest BCUT2D eigenvalue weighted by atomic mass is 16.2. The first-order chi connectivity index (χ1) is 9.24. The molecule has 5 nitrogen and oxygen atoms in total. The van der Waals surface area contributed by atoms with E-state index in [4.69, 9.17) is 0 Å². The van der Waals surface area contributed by atoms with Crippen LogP contribution in [0, 0.1) is 5.92 Å². The molecule has 0 aromatic carbocycles. The molecule has 102 valence electrons. The minimum Gasteiger partial charge on any atom is -0.352 e. The SMILES string of the molecule is CN1CCN(c2ncccc2NC(=O)C2CC2)CC1. The van der Waals surface area contributed by atoms with Gasteiger partial charge in [0.1, 0.15) is 0 Å². The lowest BCUT2D eigenvalue weighted by Crippen LogP contribution is -2.45. The first kappa shape index (κ1) is 12.4. The van der Waals surface area contributed by atoms with E-state index in [2.05, 4.69) is 27.1 Å². The van der Waals surface area contributed by atoms with Crippen LogP contribution in [-0.4, -0.2) is 49.0 Å². The number of nitrogens with zero attached hydrogens (tertiary/aromatic N) is 3. The number of piperazine rings is 1. The lowest BCUT2D eigenvalue weighted by Gasteiger charge is -2.34. The highest BCUT2D eigenvalue weighted by molar-refractivity contribution is 5.96. The predicted octanol–water partition coefficient (Wildman–Crippen LogP) is 1.18. The van der Waals surface area contributed by atoms with Crippen LogP contribution in [0.1, 0.15) is 12.8 Å². The van der Waals surface area contributed by atoms with E-state index in [9.17, 15) is 4.79 Å². The van der Waals surface area contributed by atoms with Gasteiger partial charge in [-0.05, 0) is 32.0 Å². The van der Waals surface area contributed by atoms with Crippen molar-refractivity contribution >= 4 is 17.4 Å². The Bertz CT molecular complexity index is 464. The zero-order chi connectivity index (χ0) is 13.2. The Kier molecular flexibility index (Phi) is 3.38. The van der Waals surface area contributed by atoms with E-state index in [0.29, 0.717) is 0 Å². The lowest BCUT2D eigenvalue weighted by atomic mass is 10.2. The summed E-state index contributed by atoms with van der Waals surface area (Å²) in [6.45, 7) is 3.98. The van der Waals surface area contributed by atoms with E-state index in [1.54, 1.807) is 6.20 Å². The molecule has 2 fully saturated rings. The van der Waals surface area contributed by atoms with E-state index in [1.165, 1.54) is 0 Å². The summed E-state index contributed by atoms with van der Waals surface area (Å²) in [7, 11) is 2.13. The summed E-state index contributed by atoms with van der Waals surface area (Å²) in [6, 6.07) is 3.82. The Morgan fingerprint density at radius 1 is 1.32 bits per heavy atom. The Morgan fingerprint density at radius 2 is 2.05 bits per heavy atom. The van der Waals surface area contributed by atoms with E-state index in [1.807, 2.05) is 12.1 Å². The summed E-state index contributed by atoms with van der Waals surface area (Å²) < 4.78 is 0. The number of aromatic nitrogens is 1. The molecule has 0 unspecified atom stereocenters. The van der Waals surface area contributed by atoms with Gasteiger partial charge in [-0.2, -0.15) is 0 Å². The van der Waals surface area contributed by atoms with E-state index in [0.717, 1.165) is 50.5 Å². The molecule has 1 aromatic rings. The molecule has 2 aliphatic rings. The third kappa shape index (κ3) is 2.87. The maximum Gasteiger partial charge on any atom is 0.227 e.